The molecule has 0 rings (SSSR count). The lowest BCUT2D eigenvalue weighted by atomic mass is 10.1. The first-order valence-electron chi connectivity index (χ1n) is 6.55. The summed E-state index contributed by atoms with van der Waals surface area (Å²) in [7, 11) is -1.14. The summed E-state index contributed by atoms with van der Waals surface area (Å²) >= 11 is 0. The van der Waals surface area contributed by atoms with Crippen LogP contribution >= 0.6 is 0 Å². The zero-order valence-electron chi connectivity index (χ0n) is 11.1. The van der Waals surface area contributed by atoms with Crippen LogP contribution in [0.15, 0.2) is 12.7 Å². The van der Waals surface area contributed by atoms with Crippen LogP contribution in [0.4, 0.5) is 0 Å². The molecule has 0 fully saturated rings. The van der Waals surface area contributed by atoms with Crippen molar-refractivity contribution in [3.63, 3.8) is 0 Å². The second-order valence-electron chi connectivity index (χ2n) is 3.88. The van der Waals surface area contributed by atoms with Gasteiger partial charge in [0.15, 0.2) is 0 Å². The van der Waals surface area contributed by atoms with Gasteiger partial charge in [0, 0.05) is 18.8 Å². The summed E-state index contributed by atoms with van der Waals surface area (Å²) in [4.78, 5) is 0. The third-order valence-corrected chi connectivity index (χ3v) is 4.81. The van der Waals surface area contributed by atoms with Crippen molar-refractivity contribution in [2.24, 2.45) is 0 Å². The molecule has 16 heavy (non-hydrogen) atoms. The SMILES string of the molecule is C=CC(CCCCCC)[Si](OCC)OCC. The Morgan fingerprint density at radius 2 is 1.69 bits per heavy atom. The summed E-state index contributed by atoms with van der Waals surface area (Å²) in [5.74, 6) is 0. The van der Waals surface area contributed by atoms with Gasteiger partial charge in [-0.3, -0.25) is 0 Å². The third-order valence-electron chi connectivity index (χ3n) is 2.53. The molecule has 1 atom stereocenters. The minimum Gasteiger partial charge on any atom is -0.393 e. The Morgan fingerprint density at radius 1 is 1.06 bits per heavy atom. The van der Waals surface area contributed by atoms with E-state index >= 15 is 0 Å². The summed E-state index contributed by atoms with van der Waals surface area (Å²) in [5.41, 5.74) is 0.432. The Kier molecular flexibility index (Phi) is 11.3. The second-order valence-corrected chi connectivity index (χ2v) is 5.83. The lowest BCUT2D eigenvalue weighted by Crippen LogP contribution is -2.28. The van der Waals surface area contributed by atoms with E-state index in [2.05, 4.69) is 13.5 Å². The maximum Gasteiger partial charge on any atom is 0.392 e. The van der Waals surface area contributed by atoms with Crippen molar-refractivity contribution in [1.29, 1.82) is 0 Å². The first-order chi connectivity index (χ1) is 7.79. The van der Waals surface area contributed by atoms with Gasteiger partial charge in [-0.2, -0.15) is 0 Å². The van der Waals surface area contributed by atoms with Gasteiger partial charge in [-0.25, -0.2) is 0 Å². The smallest absolute Gasteiger partial charge is 0.392 e. The van der Waals surface area contributed by atoms with Gasteiger partial charge in [-0.05, 0) is 20.3 Å². The number of rotatable bonds is 11. The molecule has 0 aromatic rings. The van der Waals surface area contributed by atoms with Gasteiger partial charge >= 0.3 is 9.28 Å². The van der Waals surface area contributed by atoms with Crippen molar-refractivity contribution in [3.05, 3.63) is 12.7 Å². The molecule has 1 unspecified atom stereocenters. The van der Waals surface area contributed by atoms with Crippen LogP contribution in [0.2, 0.25) is 5.54 Å². The lowest BCUT2D eigenvalue weighted by molar-refractivity contribution is 0.206. The average molecular weight is 243 g/mol. The van der Waals surface area contributed by atoms with Gasteiger partial charge in [-0.1, -0.05) is 38.7 Å². The summed E-state index contributed by atoms with van der Waals surface area (Å²) < 4.78 is 11.4. The molecule has 0 aromatic carbocycles. The molecular weight excluding hydrogens is 216 g/mol. The Labute approximate surface area is 103 Å². The maximum atomic E-state index is 5.70. The van der Waals surface area contributed by atoms with Crippen molar-refractivity contribution in [2.75, 3.05) is 13.2 Å². The Hall–Kier alpha value is -0.123. The molecule has 0 bridgehead atoms. The Balaban J connectivity index is 3.93. The lowest BCUT2D eigenvalue weighted by Gasteiger charge is -2.20. The molecule has 0 aliphatic carbocycles. The highest BCUT2D eigenvalue weighted by Gasteiger charge is 2.24. The molecule has 0 aliphatic heterocycles. The minimum absolute atomic E-state index is 0.432. The summed E-state index contributed by atoms with van der Waals surface area (Å²) in [6.07, 6.45) is 8.37. The highest BCUT2D eigenvalue weighted by atomic mass is 28.3. The van der Waals surface area contributed by atoms with E-state index in [1.165, 1.54) is 25.7 Å². The van der Waals surface area contributed by atoms with Crippen molar-refractivity contribution in [3.8, 4) is 0 Å². The van der Waals surface area contributed by atoms with Gasteiger partial charge in [0.05, 0.1) is 0 Å². The van der Waals surface area contributed by atoms with E-state index in [0.29, 0.717) is 5.54 Å². The fourth-order valence-corrected chi connectivity index (χ4v) is 3.38. The van der Waals surface area contributed by atoms with Gasteiger partial charge in [-0.15, -0.1) is 6.58 Å². The van der Waals surface area contributed by atoms with Crippen molar-refractivity contribution >= 4 is 9.28 Å². The molecule has 0 saturated heterocycles. The van der Waals surface area contributed by atoms with Crippen molar-refractivity contribution < 1.29 is 8.85 Å². The van der Waals surface area contributed by atoms with E-state index in [-0.39, 0.29) is 0 Å². The number of hydrogen-bond acceptors (Lipinski definition) is 2. The predicted molar refractivity (Wildman–Crippen MR) is 71.7 cm³/mol. The van der Waals surface area contributed by atoms with Gasteiger partial charge in [0.2, 0.25) is 0 Å². The van der Waals surface area contributed by atoms with Crippen molar-refractivity contribution in [1.82, 2.24) is 0 Å². The van der Waals surface area contributed by atoms with Crippen LogP contribution in [0.1, 0.15) is 52.9 Å². The van der Waals surface area contributed by atoms with Gasteiger partial charge in [0.25, 0.3) is 0 Å². The molecule has 0 spiro atoms. The van der Waals surface area contributed by atoms with Crippen LogP contribution in [-0.2, 0) is 8.85 Å². The molecule has 0 aromatic heterocycles. The first-order valence-corrected chi connectivity index (χ1v) is 7.94. The largest absolute Gasteiger partial charge is 0.393 e. The standard InChI is InChI=1S/C13H27O2Si/c1-5-9-10-11-12-13(6-2)16(14-7-3)15-8-4/h6,13H,2,5,7-12H2,1,3-4H3. The third kappa shape index (κ3) is 7.20. The average Bonchev–Trinajstić information content (AvgIpc) is 2.29. The zero-order valence-corrected chi connectivity index (χ0v) is 12.1. The summed E-state index contributed by atoms with van der Waals surface area (Å²) in [6, 6.07) is 0. The summed E-state index contributed by atoms with van der Waals surface area (Å²) in [6.45, 7) is 11.7. The normalized spacial score (nSPS) is 13.0. The van der Waals surface area contributed by atoms with Crippen LogP contribution in [0.25, 0.3) is 0 Å². The molecule has 1 radical (unpaired) electrons. The minimum atomic E-state index is -1.14. The fourth-order valence-electron chi connectivity index (χ4n) is 1.66. The van der Waals surface area contributed by atoms with E-state index in [4.69, 9.17) is 8.85 Å². The van der Waals surface area contributed by atoms with Crippen LogP contribution < -0.4 is 0 Å². The van der Waals surface area contributed by atoms with E-state index < -0.39 is 9.28 Å². The first kappa shape index (κ1) is 15.9. The molecule has 0 N–H and O–H groups in total. The molecule has 95 valence electrons. The van der Waals surface area contributed by atoms with E-state index in [9.17, 15) is 0 Å². The monoisotopic (exact) mass is 243 g/mol. The molecular formula is C13H27O2Si. The van der Waals surface area contributed by atoms with Crippen LogP contribution in [0.5, 0.6) is 0 Å². The second kappa shape index (κ2) is 11.4. The molecule has 0 amide bonds. The van der Waals surface area contributed by atoms with Gasteiger partial charge in [0.1, 0.15) is 0 Å². The van der Waals surface area contributed by atoms with Crippen LogP contribution in [0.3, 0.4) is 0 Å². The zero-order chi connectivity index (χ0) is 12.2. The summed E-state index contributed by atoms with van der Waals surface area (Å²) in [5, 5.41) is 0. The molecule has 0 saturated carbocycles. The quantitative estimate of drug-likeness (QED) is 0.309. The molecule has 3 heteroatoms. The van der Waals surface area contributed by atoms with E-state index in [1.807, 2.05) is 19.9 Å². The highest BCUT2D eigenvalue weighted by Crippen LogP contribution is 2.22. The molecule has 2 nitrogen and oxygen atoms in total. The number of allylic oxidation sites excluding steroid dienone is 1. The maximum absolute atomic E-state index is 5.70. The molecule has 0 aliphatic rings. The van der Waals surface area contributed by atoms with E-state index in [0.717, 1.165) is 19.6 Å². The van der Waals surface area contributed by atoms with E-state index in [1.54, 1.807) is 0 Å². The predicted octanol–water partition coefficient (Wildman–Crippen LogP) is 4.07. The Bertz CT molecular complexity index is 156. The van der Waals surface area contributed by atoms with Crippen LogP contribution in [-0.4, -0.2) is 22.5 Å². The van der Waals surface area contributed by atoms with Crippen LogP contribution in [0, 0.1) is 0 Å². The number of hydrogen-bond donors (Lipinski definition) is 0. The highest BCUT2D eigenvalue weighted by molar-refractivity contribution is 6.47. The Morgan fingerprint density at radius 3 is 2.12 bits per heavy atom. The topological polar surface area (TPSA) is 18.5 Å². The number of unbranched alkanes of at least 4 members (excludes halogenated alkanes) is 3. The fraction of sp³-hybridized carbons (Fsp3) is 0.846. The van der Waals surface area contributed by atoms with Crippen molar-refractivity contribution in [2.45, 2.75) is 58.4 Å². The van der Waals surface area contributed by atoms with Gasteiger partial charge < -0.3 is 8.85 Å². The molecule has 0 heterocycles.